The summed E-state index contributed by atoms with van der Waals surface area (Å²) in [5.74, 6) is 0. The van der Waals surface area contributed by atoms with E-state index in [1.54, 1.807) is 31.3 Å². The summed E-state index contributed by atoms with van der Waals surface area (Å²) < 4.78 is 4.53. The average molecular weight is 202 g/mol. The van der Waals surface area contributed by atoms with E-state index in [-0.39, 0.29) is 0 Å². The van der Waals surface area contributed by atoms with Crippen molar-refractivity contribution in [2.24, 2.45) is 0 Å². The number of hydrogen-bond acceptors (Lipinski definition) is 4. The van der Waals surface area contributed by atoms with Gasteiger partial charge in [0.05, 0.1) is 17.3 Å². The Morgan fingerprint density at radius 1 is 1.47 bits per heavy atom. The van der Waals surface area contributed by atoms with Crippen molar-refractivity contribution in [3.63, 3.8) is 0 Å². The molecule has 0 saturated heterocycles. The predicted octanol–water partition coefficient (Wildman–Crippen LogP) is 1.25. The first-order valence-corrected chi connectivity index (χ1v) is 4.29. The van der Waals surface area contributed by atoms with Gasteiger partial charge >= 0.3 is 0 Å². The molecule has 0 fully saturated rings. The van der Waals surface area contributed by atoms with E-state index in [0.717, 1.165) is 5.56 Å². The molecule has 0 bridgehead atoms. The lowest BCUT2D eigenvalue weighted by atomic mass is 10.1. The molecule has 0 heterocycles. The molecule has 4 nitrogen and oxygen atoms in total. The third-order valence-electron chi connectivity index (χ3n) is 1.84. The van der Waals surface area contributed by atoms with Crippen molar-refractivity contribution >= 4 is 12.2 Å². The van der Waals surface area contributed by atoms with Crippen molar-refractivity contribution < 1.29 is 9.53 Å². The van der Waals surface area contributed by atoms with E-state index < -0.39 is 0 Å². The molecule has 0 aliphatic rings. The van der Waals surface area contributed by atoms with Crippen molar-refractivity contribution in [3.05, 3.63) is 41.7 Å². The Bertz CT molecular complexity index is 402. The van der Waals surface area contributed by atoms with E-state index in [9.17, 15) is 4.79 Å². The topological polar surface area (TPSA) is 62.1 Å². The molecule has 0 aliphatic heterocycles. The van der Waals surface area contributed by atoms with Gasteiger partial charge in [-0.05, 0) is 12.1 Å². The smallest absolute Gasteiger partial charge is 0.297 e. The Balaban J connectivity index is 2.93. The van der Waals surface area contributed by atoms with Crippen molar-refractivity contribution in [2.45, 2.75) is 0 Å². The molecule has 76 valence electrons. The van der Waals surface area contributed by atoms with Crippen LogP contribution in [0.1, 0.15) is 11.1 Å². The highest BCUT2D eigenvalue weighted by Gasteiger charge is 1.99. The van der Waals surface area contributed by atoms with E-state index in [2.05, 4.69) is 10.1 Å². The molecule has 4 heteroatoms. The predicted molar refractivity (Wildman–Crippen MR) is 55.3 cm³/mol. The minimum atomic E-state index is 0.348. The van der Waals surface area contributed by atoms with Gasteiger partial charge in [0.1, 0.15) is 6.26 Å². The maximum absolute atomic E-state index is 10.0. The molecule has 0 spiro atoms. The van der Waals surface area contributed by atoms with Gasteiger partial charge in [-0.3, -0.25) is 4.79 Å². The lowest BCUT2D eigenvalue weighted by molar-refractivity contribution is -0.123. The van der Waals surface area contributed by atoms with E-state index >= 15 is 0 Å². The van der Waals surface area contributed by atoms with Gasteiger partial charge in [0, 0.05) is 12.6 Å². The maximum atomic E-state index is 10.0. The molecular weight excluding hydrogens is 192 g/mol. The minimum Gasteiger partial charge on any atom is -0.434 e. The fraction of sp³-hybridized carbons (Fsp3) is 0.0909. The molecule has 15 heavy (non-hydrogen) atoms. The van der Waals surface area contributed by atoms with Gasteiger partial charge in [-0.2, -0.15) is 5.26 Å². The zero-order chi connectivity index (χ0) is 11.1. The number of hydrogen-bond donors (Lipinski definition) is 1. The van der Waals surface area contributed by atoms with Gasteiger partial charge in [-0.15, -0.1) is 0 Å². The minimum absolute atomic E-state index is 0.348. The van der Waals surface area contributed by atoms with Crippen LogP contribution in [0.2, 0.25) is 0 Å². The van der Waals surface area contributed by atoms with Crippen molar-refractivity contribution in [1.82, 2.24) is 5.32 Å². The second kappa shape index (κ2) is 5.45. The second-order valence-electron chi connectivity index (χ2n) is 2.70. The highest BCUT2D eigenvalue weighted by atomic mass is 16.5. The van der Waals surface area contributed by atoms with Crippen LogP contribution in [0.5, 0.6) is 0 Å². The fourth-order valence-electron chi connectivity index (χ4n) is 1.09. The normalized spacial score (nSPS) is 10.3. The van der Waals surface area contributed by atoms with Gasteiger partial charge in [-0.25, -0.2) is 0 Å². The Morgan fingerprint density at radius 3 is 2.60 bits per heavy atom. The summed E-state index contributed by atoms with van der Waals surface area (Å²) in [5.41, 5.74) is 2.11. The zero-order valence-electron chi connectivity index (χ0n) is 8.23. The summed E-state index contributed by atoms with van der Waals surface area (Å²) >= 11 is 0. The van der Waals surface area contributed by atoms with Gasteiger partial charge in [-0.1, -0.05) is 12.1 Å². The first-order chi connectivity index (χ1) is 7.31. The summed E-state index contributed by atoms with van der Waals surface area (Å²) in [6.07, 6.45) is 1.31. The lowest BCUT2D eigenvalue weighted by Gasteiger charge is -2.05. The second-order valence-corrected chi connectivity index (χ2v) is 2.70. The van der Waals surface area contributed by atoms with Gasteiger partial charge in [0.15, 0.2) is 0 Å². The van der Waals surface area contributed by atoms with Crippen molar-refractivity contribution in [1.29, 1.82) is 5.26 Å². The number of rotatable bonds is 4. The SMILES string of the molecule is CN/C(=C\OC=O)c1ccc(C#N)cc1. The molecule has 0 aromatic heterocycles. The van der Waals surface area contributed by atoms with E-state index in [4.69, 9.17) is 5.26 Å². The monoisotopic (exact) mass is 202 g/mol. The summed E-state index contributed by atoms with van der Waals surface area (Å²) in [7, 11) is 1.72. The number of ether oxygens (including phenoxy) is 1. The average Bonchev–Trinajstić information content (AvgIpc) is 2.31. The Hall–Kier alpha value is -2.28. The van der Waals surface area contributed by atoms with E-state index in [0.29, 0.717) is 17.7 Å². The lowest BCUT2D eigenvalue weighted by Crippen LogP contribution is -2.05. The summed E-state index contributed by atoms with van der Waals surface area (Å²) in [6, 6.07) is 8.96. The summed E-state index contributed by atoms with van der Waals surface area (Å²) in [5, 5.41) is 11.5. The number of benzene rings is 1. The zero-order valence-corrected chi connectivity index (χ0v) is 8.23. The largest absolute Gasteiger partial charge is 0.434 e. The Kier molecular flexibility index (Phi) is 3.92. The highest BCUT2D eigenvalue weighted by molar-refractivity contribution is 5.64. The van der Waals surface area contributed by atoms with Crippen LogP contribution >= 0.6 is 0 Å². The van der Waals surface area contributed by atoms with Gasteiger partial charge in [0.2, 0.25) is 0 Å². The van der Waals surface area contributed by atoms with Crippen molar-refractivity contribution in [2.75, 3.05) is 7.05 Å². The van der Waals surface area contributed by atoms with Gasteiger partial charge < -0.3 is 10.1 Å². The van der Waals surface area contributed by atoms with Crippen LogP contribution in [0, 0.1) is 11.3 Å². The molecule has 1 rings (SSSR count). The molecule has 1 N–H and O–H groups in total. The van der Waals surface area contributed by atoms with E-state index in [1.807, 2.05) is 6.07 Å². The highest BCUT2D eigenvalue weighted by Crippen LogP contribution is 2.11. The Morgan fingerprint density at radius 2 is 2.13 bits per heavy atom. The molecule has 0 saturated carbocycles. The maximum Gasteiger partial charge on any atom is 0.297 e. The first kappa shape index (κ1) is 10.8. The molecular formula is C11H10N2O2. The number of carbonyl (C=O) groups excluding carboxylic acids is 1. The van der Waals surface area contributed by atoms with Crippen LogP contribution in [-0.2, 0) is 9.53 Å². The fourth-order valence-corrected chi connectivity index (χ4v) is 1.09. The van der Waals surface area contributed by atoms with Crippen molar-refractivity contribution in [3.8, 4) is 6.07 Å². The Labute approximate surface area is 87.8 Å². The number of carbonyl (C=O) groups is 1. The van der Waals surface area contributed by atoms with E-state index in [1.165, 1.54) is 6.26 Å². The van der Waals surface area contributed by atoms with Crippen LogP contribution in [-0.4, -0.2) is 13.5 Å². The van der Waals surface area contributed by atoms with Crippen LogP contribution in [0.4, 0.5) is 0 Å². The molecule has 1 aromatic carbocycles. The molecule has 0 atom stereocenters. The van der Waals surface area contributed by atoms with Crippen LogP contribution in [0.15, 0.2) is 30.5 Å². The molecule has 0 unspecified atom stereocenters. The third-order valence-corrected chi connectivity index (χ3v) is 1.84. The summed E-state index contributed by atoms with van der Waals surface area (Å²) in [4.78, 5) is 10.0. The first-order valence-electron chi connectivity index (χ1n) is 4.29. The van der Waals surface area contributed by atoms with Crippen LogP contribution < -0.4 is 5.32 Å². The number of nitriles is 1. The quantitative estimate of drug-likeness (QED) is 0.589. The molecule has 0 aliphatic carbocycles. The molecule has 0 radical (unpaired) electrons. The third kappa shape index (κ3) is 2.85. The van der Waals surface area contributed by atoms with Crippen LogP contribution in [0.3, 0.4) is 0 Å². The standard InChI is InChI=1S/C11H10N2O2/c1-13-11(7-15-8-14)10-4-2-9(6-12)3-5-10/h2-5,7-8,13H,1H3/b11-7-. The summed E-state index contributed by atoms with van der Waals surface area (Å²) in [6.45, 7) is 0.348. The van der Waals surface area contributed by atoms with Gasteiger partial charge in [0.25, 0.3) is 6.47 Å². The van der Waals surface area contributed by atoms with Crippen LogP contribution in [0.25, 0.3) is 5.70 Å². The number of nitrogens with one attached hydrogen (secondary N) is 1. The molecule has 0 amide bonds. The number of nitrogens with zero attached hydrogens (tertiary/aromatic N) is 1. The molecule has 1 aromatic rings.